The maximum absolute atomic E-state index is 13.8. The summed E-state index contributed by atoms with van der Waals surface area (Å²) >= 11 is 0. The number of hydrogen-bond acceptors (Lipinski definition) is 11. The number of imide groups is 1. The molecule has 4 aromatic rings. The number of aryl methyl sites for hydroxylation is 2. The van der Waals surface area contributed by atoms with E-state index in [1.54, 1.807) is 34.0 Å². The number of anilines is 2. The Kier molecular flexibility index (Phi) is 11.6. The molecule has 1 unspecified atom stereocenters. The molecule has 0 aliphatic carbocycles. The molecule has 2 aromatic heterocycles. The van der Waals surface area contributed by atoms with E-state index in [9.17, 15) is 19.2 Å². The highest BCUT2D eigenvalue weighted by molar-refractivity contribution is 6.19. The van der Waals surface area contributed by atoms with Crippen molar-refractivity contribution in [3.63, 3.8) is 0 Å². The number of piperidine rings is 1. The first-order valence-electron chi connectivity index (χ1n) is 21.7. The molecular formula is C47H52N10O5. The van der Waals surface area contributed by atoms with E-state index in [1.165, 1.54) is 5.56 Å². The molecule has 2 aromatic carbocycles. The molecule has 2 bridgehead atoms. The number of unbranched alkanes of at least 4 members (excludes halogenated alkanes) is 1. The van der Waals surface area contributed by atoms with Gasteiger partial charge in [0.2, 0.25) is 23.7 Å². The van der Waals surface area contributed by atoms with Crippen molar-refractivity contribution in [2.75, 3.05) is 56.1 Å². The molecule has 9 rings (SSSR count). The minimum absolute atomic E-state index is 0.182. The Balaban J connectivity index is 0.801. The van der Waals surface area contributed by atoms with Crippen molar-refractivity contribution >= 4 is 41.0 Å². The highest BCUT2D eigenvalue weighted by Crippen LogP contribution is 2.36. The van der Waals surface area contributed by atoms with Gasteiger partial charge in [0.05, 0.1) is 35.4 Å². The highest BCUT2D eigenvalue weighted by atomic mass is 16.5. The van der Waals surface area contributed by atoms with E-state index < -0.39 is 11.9 Å². The molecule has 15 nitrogen and oxygen atoms in total. The quantitative estimate of drug-likeness (QED) is 0.157. The van der Waals surface area contributed by atoms with Crippen LogP contribution in [0.2, 0.25) is 0 Å². The molecule has 2 fully saturated rings. The van der Waals surface area contributed by atoms with Gasteiger partial charge in [0, 0.05) is 88.1 Å². The lowest BCUT2D eigenvalue weighted by molar-refractivity contribution is -0.136. The fourth-order valence-electron chi connectivity index (χ4n) is 9.13. The maximum Gasteiger partial charge on any atom is 0.280 e. The number of fused-ring (bicyclic) bond motifs is 8. The highest BCUT2D eigenvalue weighted by Gasteiger charge is 2.40. The zero-order valence-corrected chi connectivity index (χ0v) is 35.6. The summed E-state index contributed by atoms with van der Waals surface area (Å²) in [5, 5.41) is 10.2. The molecule has 5 aliphatic heterocycles. The zero-order valence-electron chi connectivity index (χ0n) is 35.6. The number of nitrogens with zero attached hydrogens (tertiary/aromatic N) is 8. The van der Waals surface area contributed by atoms with Gasteiger partial charge in [-0.3, -0.25) is 34.4 Å². The van der Waals surface area contributed by atoms with Gasteiger partial charge in [0.25, 0.3) is 11.8 Å². The molecule has 0 radical (unpaired) electrons. The van der Waals surface area contributed by atoms with Crippen LogP contribution in [0.25, 0.3) is 11.3 Å². The molecule has 0 saturated carbocycles. The van der Waals surface area contributed by atoms with Crippen LogP contribution in [0.3, 0.4) is 0 Å². The van der Waals surface area contributed by atoms with Crippen LogP contribution >= 0.6 is 0 Å². The summed E-state index contributed by atoms with van der Waals surface area (Å²) in [6.45, 7) is 11.4. The monoisotopic (exact) mass is 836 g/mol. The molecule has 2 atom stereocenters. The number of ether oxygens (including phenoxy) is 1. The van der Waals surface area contributed by atoms with Gasteiger partial charge in [-0.2, -0.15) is 10.1 Å². The predicted molar refractivity (Wildman–Crippen MR) is 235 cm³/mol. The molecule has 7 heterocycles. The Morgan fingerprint density at radius 3 is 2.63 bits per heavy atom. The van der Waals surface area contributed by atoms with Crippen molar-refractivity contribution in [1.29, 1.82) is 0 Å². The third-order valence-electron chi connectivity index (χ3n) is 12.4. The van der Waals surface area contributed by atoms with E-state index in [-0.39, 0.29) is 24.1 Å². The van der Waals surface area contributed by atoms with Crippen molar-refractivity contribution in [3.8, 4) is 29.0 Å². The maximum atomic E-state index is 13.8. The van der Waals surface area contributed by atoms with E-state index in [2.05, 4.69) is 72.4 Å². The Morgan fingerprint density at radius 1 is 0.952 bits per heavy atom. The second-order valence-corrected chi connectivity index (χ2v) is 17.0. The largest absolute Gasteiger partial charge is 0.477 e. The van der Waals surface area contributed by atoms with Crippen molar-refractivity contribution < 1.29 is 23.9 Å². The fourth-order valence-corrected chi connectivity index (χ4v) is 9.13. The summed E-state index contributed by atoms with van der Waals surface area (Å²) in [7, 11) is 1.85. The van der Waals surface area contributed by atoms with E-state index in [0.717, 1.165) is 93.0 Å². The zero-order chi connectivity index (χ0) is 42.9. The Hall–Kier alpha value is -6.37. The average Bonchev–Trinajstić information content (AvgIpc) is 3.91. The van der Waals surface area contributed by atoms with Crippen LogP contribution in [0.4, 0.5) is 11.4 Å². The minimum Gasteiger partial charge on any atom is -0.477 e. The van der Waals surface area contributed by atoms with Gasteiger partial charge >= 0.3 is 0 Å². The number of piperazine rings is 1. The smallest absolute Gasteiger partial charge is 0.280 e. The summed E-state index contributed by atoms with van der Waals surface area (Å²) in [5.41, 5.74) is 8.00. The van der Waals surface area contributed by atoms with Gasteiger partial charge in [-0.25, -0.2) is 4.68 Å². The lowest BCUT2D eigenvalue weighted by atomic mass is 10.0. The number of guanidine groups is 1. The summed E-state index contributed by atoms with van der Waals surface area (Å²) in [6, 6.07) is 15.0. The number of hydrogen-bond donors (Lipinski definition) is 2. The number of aromatic nitrogens is 3. The molecule has 0 spiro atoms. The minimum atomic E-state index is -0.639. The SMILES string of the molecule is Cc1cc2cc(n1)-c1cnn(C)c1OCCC[C@@H](C)CN1/C(=N/C2=O)Nc2ccc(CN3CCN(CCCC#Cc4cccc5c4CN(C4CCC(=O)NC4=O)C5=O)CC3)cc21. The molecular weight excluding hydrogens is 785 g/mol. The van der Waals surface area contributed by atoms with Crippen LogP contribution < -0.4 is 20.3 Å². The summed E-state index contributed by atoms with van der Waals surface area (Å²) in [4.78, 5) is 69.3. The number of benzene rings is 2. The van der Waals surface area contributed by atoms with Gasteiger partial charge < -0.3 is 24.8 Å². The van der Waals surface area contributed by atoms with E-state index in [1.807, 2.05) is 26.1 Å². The molecule has 2 saturated heterocycles. The van der Waals surface area contributed by atoms with Gasteiger partial charge in [0.1, 0.15) is 6.04 Å². The molecule has 62 heavy (non-hydrogen) atoms. The lowest BCUT2D eigenvalue weighted by Crippen LogP contribution is -2.52. The number of nitrogens with one attached hydrogen (secondary N) is 2. The molecule has 4 amide bonds. The predicted octanol–water partition coefficient (Wildman–Crippen LogP) is 4.74. The normalized spacial score (nSPS) is 21.5. The van der Waals surface area contributed by atoms with Crippen molar-refractivity contribution in [2.45, 2.75) is 71.5 Å². The van der Waals surface area contributed by atoms with Crippen LogP contribution in [0.5, 0.6) is 5.88 Å². The van der Waals surface area contributed by atoms with E-state index in [4.69, 9.17) is 9.72 Å². The number of carbonyl (C=O) groups excluding carboxylic acids is 4. The number of carbonyl (C=O) groups is 4. The van der Waals surface area contributed by atoms with Crippen LogP contribution in [0.15, 0.2) is 59.7 Å². The number of pyridine rings is 1. The number of aliphatic imine (C=N–C) groups is 1. The van der Waals surface area contributed by atoms with Crippen LogP contribution in [-0.4, -0.2) is 111 Å². The first-order chi connectivity index (χ1) is 30.1. The third kappa shape index (κ3) is 8.57. The molecule has 2 N–H and O–H groups in total. The standard InChI is InChI=1S/C47H52N10O5/c1-30-9-8-22-62-46-36(26-48-53(46)3)39-25-34(23-31(2)49-39)43(59)52-47-50-38-14-13-32(24-41(38)57(47)27-30)28-55-20-18-54(19-21-55)17-6-4-5-10-33-11-7-12-35-37(33)29-56(45(35)61)40-15-16-42(58)51-44(40)60/h7,11-14,23-26,30,40H,4,6,8-9,15-22,27-29H2,1-3H3,(H,50,52,59)(H,51,58,60)/t30-,40?/m1/s1. The first kappa shape index (κ1) is 41.0. The number of rotatable bonds is 6. The number of amides is 4. The van der Waals surface area contributed by atoms with Crippen molar-refractivity contribution in [1.82, 2.24) is 34.8 Å². The Labute approximate surface area is 361 Å². The van der Waals surface area contributed by atoms with Gasteiger partial charge in [-0.15, -0.1) is 0 Å². The molecule has 5 aliphatic rings. The van der Waals surface area contributed by atoms with Crippen molar-refractivity contribution in [2.24, 2.45) is 18.0 Å². The molecule has 15 heteroatoms. The third-order valence-corrected chi connectivity index (χ3v) is 12.4. The van der Waals surface area contributed by atoms with Gasteiger partial charge in [0.15, 0.2) is 0 Å². The molecule has 320 valence electrons. The summed E-state index contributed by atoms with van der Waals surface area (Å²) < 4.78 is 7.96. The van der Waals surface area contributed by atoms with Crippen LogP contribution in [0.1, 0.15) is 88.5 Å². The van der Waals surface area contributed by atoms with Gasteiger partial charge in [-0.1, -0.05) is 30.9 Å². The Bertz CT molecular complexity index is 2530. The first-order valence-corrected chi connectivity index (χ1v) is 21.7. The van der Waals surface area contributed by atoms with E-state index in [0.29, 0.717) is 66.4 Å². The summed E-state index contributed by atoms with van der Waals surface area (Å²) in [6.07, 6.45) is 5.79. The van der Waals surface area contributed by atoms with Gasteiger partial charge in [-0.05, 0) is 92.6 Å². The van der Waals surface area contributed by atoms with E-state index >= 15 is 0 Å². The van der Waals surface area contributed by atoms with Crippen LogP contribution in [0, 0.1) is 24.7 Å². The topological polar surface area (TPSA) is 158 Å². The second-order valence-electron chi connectivity index (χ2n) is 17.0. The summed E-state index contributed by atoms with van der Waals surface area (Å²) in [5.74, 6) is 6.88. The average molecular weight is 837 g/mol. The fraction of sp³-hybridized carbons (Fsp3) is 0.426. The van der Waals surface area contributed by atoms with Crippen molar-refractivity contribution in [3.05, 3.63) is 88.2 Å². The Morgan fingerprint density at radius 2 is 1.79 bits per heavy atom. The second kappa shape index (κ2) is 17.5. The van der Waals surface area contributed by atoms with Crippen LogP contribution in [-0.2, 0) is 29.7 Å². The lowest BCUT2D eigenvalue weighted by Gasteiger charge is -2.34.